The monoisotopic (exact) mass is 868 g/mol. The quantitative estimate of drug-likeness (QED) is 0.185. The summed E-state index contributed by atoms with van der Waals surface area (Å²) in [6.45, 7) is 2.92. The number of hydrogen-bond acceptors (Lipinski definition) is 12. The van der Waals surface area contributed by atoms with Gasteiger partial charge in [-0.3, -0.25) is 19.6 Å². The third-order valence-electron chi connectivity index (χ3n) is 9.68. The number of hydrogen-bond donors (Lipinski definition) is 0. The van der Waals surface area contributed by atoms with Crippen LogP contribution in [0, 0.1) is 39.5 Å². The van der Waals surface area contributed by atoms with Crippen LogP contribution >= 0.6 is 11.6 Å². The van der Waals surface area contributed by atoms with Crippen molar-refractivity contribution in [3.05, 3.63) is 133 Å². The van der Waals surface area contributed by atoms with Crippen molar-refractivity contribution in [3.8, 4) is 22.9 Å². The molecule has 14 nitrogen and oxygen atoms in total. The molecule has 6 aromatic heterocycles. The van der Waals surface area contributed by atoms with Gasteiger partial charge < -0.3 is 22.4 Å². The first-order chi connectivity index (χ1) is 28.0. The van der Waals surface area contributed by atoms with Gasteiger partial charge in [-0.05, 0) is 69.3 Å². The third-order valence-corrected chi connectivity index (χ3v) is 9.89. The minimum atomic E-state index is -5.19. The Bertz CT molecular complexity index is 2530. The van der Waals surface area contributed by atoms with E-state index in [0.717, 1.165) is 41.6 Å². The van der Waals surface area contributed by atoms with Gasteiger partial charge in [0.25, 0.3) is 11.1 Å². The Kier molecular flexibility index (Phi) is 15.9. The Morgan fingerprint density at radius 3 is 1.67 bits per heavy atom. The molecule has 2 aliphatic rings. The number of ether oxygens (including phenoxy) is 2. The van der Waals surface area contributed by atoms with Gasteiger partial charge >= 0.3 is 58.4 Å². The minimum absolute atomic E-state index is 0. The fourth-order valence-corrected chi connectivity index (χ4v) is 6.11. The first-order valence-electron chi connectivity index (χ1n) is 18.8. The van der Waals surface area contributed by atoms with Gasteiger partial charge in [-0.25, -0.2) is 24.3 Å². The van der Waals surface area contributed by atoms with Crippen LogP contribution in [-0.4, -0.2) is 69.7 Å². The third kappa shape index (κ3) is 12.8. The zero-order valence-electron chi connectivity index (χ0n) is 34.3. The average Bonchev–Trinajstić information content (AvgIpc) is 4.13. The van der Waals surface area contributed by atoms with Gasteiger partial charge in [-0.1, -0.05) is 23.7 Å². The number of pyridine rings is 2. The molecule has 2 fully saturated rings. The maximum atomic E-state index is 13.0. The van der Waals surface area contributed by atoms with Crippen LogP contribution < -0.4 is 77.4 Å². The van der Waals surface area contributed by atoms with E-state index in [1.165, 1.54) is 34.6 Å². The average molecular weight is 869 g/mol. The maximum absolute atomic E-state index is 13.0. The van der Waals surface area contributed by atoms with Gasteiger partial charge in [0.05, 0.1) is 36.2 Å². The summed E-state index contributed by atoms with van der Waals surface area (Å²) in [5.41, 5.74) is 4.40. The van der Waals surface area contributed by atoms with Gasteiger partial charge in [0.1, 0.15) is 11.6 Å². The van der Waals surface area contributed by atoms with E-state index >= 15 is 0 Å². The van der Waals surface area contributed by atoms with E-state index < -0.39 is 12.4 Å². The van der Waals surface area contributed by atoms with Crippen LogP contribution in [0.25, 0.3) is 11.1 Å². The van der Waals surface area contributed by atoms with Crippen molar-refractivity contribution in [2.75, 3.05) is 13.2 Å². The molecule has 8 rings (SSSR count). The Labute approximate surface area is 391 Å². The fourth-order valence-electron chi connectivity index (χ4n) is 5.98. The molecule has 0 unspecified atom stereocenters. The number of nitrogens with zero attached hydrogens (tertiary/aromatic N) is 10. The van der Waals surface area contributed by atoms with Crippen LogP contribution in [0.15, 0.2) is 83.2 Å². The van der Waals surface area contributed by atoms with Crippen LogP contribution in [0.5, 0.6) is 11.8 Å². The molecule has 0 bridgehead atoms. The Balaban J connectivity index is 0.000000188. The molecule has 4 atom stereocenters. The summed E-state index contributed by atoms with van der Waals surface area (Å²) in [5, 5.41) is 8.09. The molecule has 0 aromatic carbocycles. The molecule has 2 saturated carbocycles. The molecule has 0 spiro atoms. The summed E-state index contributed by atoms with van der Waals surface area (Å²) >= 11 is 5.44. The molecule has 0 saturated heterocycles. The zero-order valence-corrected chi connectivity index (χ0v) is 38.1. The van der Waals surface area contributed by atoms with Gasteiger partial charge in [0.15, 0.2) is 5.88 Å². The smallest absolute Gasteiger partial charge is 0.479 e. The molecular weight excluding hydrogens is 827 g/mol. The van der Waals surface area contributed by atoms with Gasteiger partial charge in [0, 0.05) is 91.6 Å². The standard InChI is InChI=1S/C20H21N5O2.C15H16BF3N3O.C5H5ClN2O.K/c1-12-4-5-18(22-8-12)16-6-15(16)11-27-20-17(10-21-13(2)24-20)14-7-19(26)25(3)23-9-14;1-9-3-4-14(21-6-9)12-5-11(12)8-23-15-13(16(17,18)19)7-20-10(2)22-15;1-8-5(9)2-4(6)3-7-8;/h4-5,7-10,15-16H,6,11H2,1-3H3;3-4,6-7,11-12H,5,8H2,1-2H3;2-3H,1H3;/q;-1;;+1/t15-,16+;11-,12+;;/m11../s1. The normalized spacial score (nSPS) is 17.5. The van der Waals surface area contributed by atoms with Gasteiger partial charge in [-0.2, -0.15) is 15.2 Å². The first kappa shape index (κ1) is 46.7. The fraction of sp³-hybridized carbons (Fsp3) is 0.350. The molecule has 0 radical (unpaired) electrons. The molecular formula is C40H42BClF3KN10O4. The number of rotatable bonds is 10. The van der Waals surface area contributed by atoms with E-state index in [1.807, 2.05) is 39.1 Å². The molecule has 6 heterocycles. The van der Waals surface area contributed by atoms with Crippen molar-refractivity contribution in [3.63, 3.8) is 0 Å². The summed E-state index contributed by atoms with van der Waals surface area (Å²) < 4.78 is 52.9. The van der Waals surface area contributed by atoms with Crippen LogP contribution in [0.4, 0.5) is 12.9 Å². The van der Waals surface area contributed by atoms with Gasteiger partial charge in [-0.15, -0.1) is 0 Å². The molecule has 0 amide bonds. The van der Waals surface area contributed by atoms with Crippen molar-refractivity contribution in [1.82, 2.24) is 49.5 Å². The number of aromatic nitrogens is 10. The van der Waals surface area contributed by atoms with E-state index in [1.54, 1.807) is 32.7 Å². The van der Waals surface area contributed by atoms with Crippen LogP contribution in [0.2, 0.25) is 5.02 Å². The molecule has 6 aromatic rings. The van der Waals surface area contributed by atoms with Crippen LogP contribution in [0.3, 0.4) is 0 Å². The second kappa shape index (κ2) is 20.4. The summed E-state index contributed by atoms with van der Waals surface area (Å²) in [7, 11) is 3.18. The summed E-state index contributed by atoms with van der Waals surface area (Å²) in [6.07, 6.45) is 11.1. The summed E-state index contributed by atoms with van der Waals surface area (Å²) in [6, 6.07) is 11.0. The zero-order chi connectivity index (χ0) is 42.4. The van der Waals surface area contributed by atoms with E-state index in [-0.39, 0.29) is 92.7 Å². The Morgan fingerprint density at radius 1 is 0.683 bits per heavy atom. The number of aryl methyl sites for hydroxylation is 6. The number of halogens is 4. The predicted octanol–water partition coefficient (Wildman–Crippen LogP) is 2.59. The first-order valence-corrected chi connectivity index (χ1v) is 19.1. The van der Waals surface area contributed by atoms with Crippen LogP contribution in [-0.2, 0) is 14.1 Å². The van der Waals surface area contributed by atoms with Gasteiger partial charge in [0.2, 0.25) is 5.88 Å². The SMILES string of the molecule is Cc1ccc([C@H]2C[C@@H]2COc2nc(C)ncc2-c2cnn(C)c(=O)c2)nc1.Cc1ccc([C@H]2C[C@@H]2COc2nc(C)ncc2[B-](F)(F)F)nc1.Cn1ncc(Cl)cc1=O.[K+]. The minimum Gasteiger partial charge on any atom is -0.479 e. The second-order valence-corrected chi connectivity index (χ2v) is 15.0. The van der Waals surface area contributed by atoms with Crippen molar-refractivity contribution in [2.45, 2.75) is 52.4 Å². The molecule has 0 N–H and O–H groups in total. The largest absolute Gasteiger partial charge is 1.00 e. The van der Waals surface area contributed by atoms with E-state index in [9.17, 15) is 22.5 Å². The second-order valence-electron chi connectivity index (χ2n) is 14.6. The summed E-state index contributed by atoms with van der Waals surface area (Å²) in [4.78, 5) is 47.5. The molecule has 2 aliphatic carbocycles. The van der Waals surface area contributed by atoms with E-state index in [4.69, 9.17) is 21.1 Å². The topological polar surface area (TPSA) is 166 Å². The molecule has 20 heteroatoms. The van der Waals surface area contributed by atoms with Crippen molar-refractivity contribution < 1.29 is 73.8 Å². The summed E-state index contributed by atoms with van der Waals surface area (Å²) in [5.74, 6) is 2.28. The molecule has 0 aliphatic heterocycles. The van der Waals surface area contributed by atoms with Crippen molar-refractivity contribution in [1.29, 1.82) is 0 Å². The molecule has 308 valence electrons. The molecule has 60 heavy (non-hydrogen) atoms. The van der Waals surface area contributed by atoms with E-state index in [2.05, 4.69) is 52.2 Å². The predicted molar refractivity (Wildman–Crippen MR) is 216 cm³/mol. The van der Waals surface area contributed by atoms with E-state index in [0.29, 0.717) is 46.3 Å². The maximum Gasteiger partial charge on any atom is 1.00 e. The van der Waals surface area contributed by atoms with Crippen molar-refractivity contribution in [2.24, 2.45) is 25.9 Å². The van der Waals surface area contributed by atoms with Crippen molar-refractivity contribution >= 4 is 24.0 Å². The van der Waals surface area contributed by atoms with Crippen LogP contribution in [0.1, 0.15) is 58.8 Å². The Morgan fingerprint density at radius 2 is 1.18 bits per heavy atom. The Hall–Kier alpha value is -4.40.